The Balaban J connectivity index is 1.78. The molecular formula is C20H22N4O3. The van der Waals surface area contributed by atoms with Crippen LogP contribution >= 0.6 is 0 Å². The average molecular weight is 366 g/mol. The number of hydrogen-bond donors (Lipinski definition) is 2. The lowest BCUT2D eigenvalue weighted by Crippen LogP contribution is -2.36. The molecule has 0 bridgehead atoms. The first-order valence-corrected chi connectivity index (χ1v) is 8.98. The molecule has 1 aromatic carbocycles. The average Bonchev–Trinajstić information content (AvgIpc) is 2.68. The van der Waals surface area contributed by atoms with Gasteiger partial charge in [0.15, 0.2) is 0 Å². The molecule has 1 aliphatic rings. The third-order valence-corrected chi connectivity index (χ3v) is 4.72. The van der Waals surface area contributed by atoms with Crippen molar-refractivity contribution in [2.75, 3.05) is 36.5 Å². The van der Waals surface area contributed by atoms with Crippen molar-refractivity contribution in [3.8, 4) is 0 Å². The molecule has 7 nitrogen and oxygen atoms in total. The van der Waals surface area contributed by atoms with Crippen molar-refractivity contribution in [2.24, 2.45) is 0 Å². The van der Waals surface area contributed by atoms with E-state index in [-0.39, 0.29) is 17.7 Å². The molecule has 140 valence electrons. The van der Waals surface area contributed by atoms with Crippen molar-refractivity contribution < 1.29 is 9.84 Å². The smallest absolute Gasteiger partial charge is 0.265 e. The zero-order valence-corrected chi connectivity index (χ0v) is 15.2. The lowest BCUT2D eigenvalue weighted by atomic mass is 10.2. The first-order chi connectivity index (χ1) is 13.2. The predicted molar refractivity (Wildman–Crippen MR) is 105 cm³/mol. The van der Waals surface area contributed by atoms with Gasteiger partial charge in [0, 0.05) is 36.7 Å². The van der Waals surface area contributed by atoms with Gasteiger partial charge in [0.05, 0.1) is 25.4 Å². The number of pyridine rings is 1. The molecule has 1 fully saturated rings. The number of hydrogen-bond acceptors (Lipinski definition) is 6. The second kappa shape index (κ2) is 7.38. The molecule has 3 heterocycles. The normalized spacial score (nSPS) is 14.5. The number of ether oxygens (including phenoxy) is 1. The first kappa shape index (κ1) is 17.5. The number of anilines is 3. The molecule has 4 rings (SSSR count). The maximum atomic E-state index is 12.8. The Kier molecular flexibility index (Phi) is 4.79. The molecule has 0 amide bonds. The number of benzene rings is 1. The van der Waals surface area contributed by atoms with Gasteiger partial charge in [0.2, 0.25) is 0 Å². The van der Waals surface area contributed by atoms with Crippen LogP contribution in [0.5, 0.6) is 0 Å². The van der Waals surface area contributed by atoms with Crippen molar-refractivity contribution in [2.45, 2.75) is 13.5 Å². The highest BCUT2D eigenvalue weighted by Crippen LogP contribution is 2.21. The summed E-state index contributed by atoms with van der Waals surface area (Å²) in [5.41, 5.74) is 3.43. The number of rotatable bonds is 4. The van der Waals surface area contributed by atoms with Gasteiger partial charge >= 0.3 is 0 Å². The number of nitrogens with zero attached hydrogens (tertiary/aromatic N) is 3. The lowest BCUT2D eigenvalue weighted by Gasteiger charge is -2.29. The fourth-order valence-electron chi connectivity index (χ4n) is 3.29. The van der Waals surface area contributed by atoms with Crippen LogP contribution in [-0.4, -0.2) is 40.8 Å². The zero-order valence-electron chi connectivity index (χ0n) is 15.2. The second-order valence-corrected chi connectivity index (χ2v) is 6.61. The maximum Gasteiger partial charge on any atom is 0.265 e. The molecule has 0 spiro atoms. The summed E-state index contributed by atoms with van der Waals surface area (Å²) >= 11 is 0. The monoisotopic (exact) mass is 366 g/mol. The minimum Gasteiger partial charge on any atom is -0.391 e. The van der Waals surface area contributed by atoms with E-state index in [0.717, 1.165) is 30.0 Å². The Morgan fingerprint density at radius 2 is 2.04 bits per heavy atom. The summed E-state index contributed by atoms with van der Waals surface area (Å²) in [5, 5.41) is 12.9. The molecule has 0 saturated carbocycles. The van der Waals surface area contributed by atoms with E-state index in [1.54, 1.807) is 6.20 Å². The molecule has 2 aromatic heterocycles. The fraction of sp³-hybridized carbons (Fsp3) is 0.300. The largest absolute Gasteiger partial charge is 0.391 e. The van der Waals surface area contributed by atoms with Gasteiger partial charge in [-0.1, -0.05) is 12.1 Å². The topological polar surface area (TPSA) is 79.1 Å². The van der Waals surface area contributed by atoms with Gasteiger partial charge in [-0.2, -0.15) is 0 Å². The molecule has 0 aliphatic carbocycles. The molecule has 27 heavy (non-hydrogen) atoms. The Labute approximate surface area is 156 Å². The summed E-state index contributed by atoms with van der Waals surface area (Å²) in [7, 11) is 0. The van der Waals surface area contributed by atoms with E-state index < -0.39 is 0 Å². The highest BCUT2D eigenvalue weighted by molar-refractivity contribution is 5.64. The highest BCUT2D eigenvalue weighted by atomic mass is 16.5. The number of nitrogens with one attached hydrogen (secondary N) is 1. The van der Waals surface area contributed by atoms with Crippen LogP contribution in [0.1, 0.15) is 11.1 Å². The van der Waals surface area contributed by atoms with Gasteiger partial charge in [-0.05, 0) is 30.7 Å². The van der Waals surface area contributed by atoms with Crippen LogP contribution in [0.4, 0.5) is 17.2 Å². The molecule has 0 unspecified atom stereocenters. The Bertz CT molecular complexity index is 1030. The molecule has 3 aromatic rings. The highest BCUT2D eigenvalue weighted by Gasteiger charge is 2.16. The zero-order chi connectivity index (χ0) is 18.8. The van der Waals surface area contributed by atoms with E-state index in [1.807, 2.05) is 43.3 Å². The van der Waals surface area contributed by atoms with Gasteiger partial charge in [-0.25, -0.2) is 4.98 Å². The fourth-order valence-corrected chi connectivity index (χ4v) is 3.29. The number of aromatic nitrogens is 2. The van der Waals surface area contributed by atoms with Crippen LogP contribution in [0.25, 0.3) is 5.65 Å². The lowest BCUT2D eigenvalue weighted by molar-refractivity contribution is 0.122. The molecule has 0 radical (unpaired) electrons. The van der Waals surface area contributed by atoms with E-state index in [0.29, 0.717) is 24.7 Å². The summed E-state index contributed by atoms with van der Waals surface area (Å²) in [4.78, 5) is 19.6. The predicted octanol–water partition coefficient (Wildman–Crippen LogP) is 2.08. The van der Waals surface area contributed by atoms with Gasteiger partial charge in [-0.15, -0.1) is 0 Å². The number of aliphatic hydroxyl groups is 1. The van der Waals surface area contributed by atoms with Gasteiger partial charge in [-0.3, -0.25) is 9.20 Å². The van der Waals surface area contributed by atoms with Crippen molar-refractivity contribution in [1.82, 2.24) is 9.38 Å². The number of morpholine rings is 1. The Morgan fingerprint density at radius 1 is 1.22 bits per heavy atom. The summed E-state index contributed by atoms with van der Waals surface area (Å²) in [6.45, 7) is 4.61. The first-order valence-electron chi connectivity index (χ1n) is 8.98. The summed E-state index contributed by atoms with van der Waals surface area (Å²) < 4.78 is 6.87. The standard InChI is InChI=1S/C20H22N4O3/c1-14-3-2-4-15(11-14)21-19-17(13-25)20(26)24-6-5-16(12-18(24)22-19)23-7-9-27-10-8-23/h2-6,11-12,21,25H,7-10,13H2,1H3. The third kappa shape index (κ3) is 3.51. The van der Waals surface area contributed by atoms with Crippen molar-refractivity contribution in [3.05, 3.63) is 64.1 Å². The summed E-state index contributed by atoms with van der Waals surface area (Å²) in [5.74, 6) is 0.382. The Hall–Kier alpha value is -2.90. The Morgan fingerprint density at radius 3 is 2.78 bits per heavy atom. The van der Waals surface area contributed by atoms with E-state index in [9.17, 15) is 9.90 Å². The van der Waals surface area contributed by atoms with E-state index in [1.165, 1.54) is 4.40 Å². The van der Waals surface area contributed by atoms with Crippen molar-refractivity contribution in [3.63, 3.8) is 0 Å². The number of aliphatic hydroxyl groups excluding tert-OH is 1. The SMILES string of the molecule is Cc1cccc(Nc2nc3cc(N4CCOCC4)ccn3c(=O)c2CO)c1. The number of aryl methyl sites for hydroxylation is 1. The van der Waals surface area contributed by atoms with Gasteiger partial charge in [0.25, 0.3) is 5.56 Å². The van der Waals surface area contributed by atoms with Gasteiger partial charge in [0.1, 0.15) is 11.5 Å². The van der Waals surface area contributed by atoms with Crippen molar-refractivity contribution >= 4 is 22.8 Å². The van der Waals surface area contributed by atoms with Crippen LogP contribution in [-0.2, 0) is 11.3 Å². The quantitative estimate of drug-likeness (QED) is 0.736. The third-order valence-electron chi connectivity index (χ3n) is 4.72. The molecule has 2 N–H and O–H groups in total. The van der Waals surface area contributed by atoms with E-state index in [2.05, 4.69) is 15.2 Å². The molecule has 7 heteroatoms. The summed E-state index contributed by atoms with van der Waals surface area (Å²) in [6, 6.07) is 11.6. The van der Waals surface area contributed by atoms with Crippen LogP contribution in [0.15, 0.2) is 47.4 Å². The van der Waals surface area contributed by atoms with Crippen LogP contribution < -0.4 is 15.8 Å². The molecule has 1 saturated heterocycles. The van der Waals surface area contributed by atoms with E-state index >= 15 is 0 Å². The van der Waals surface area contributed by atoms with E-state index in [4.69, 9.17) is 4.74 Å². The molecule has 1 aliphatic heterocycles. The van der Waals surface area contributed by atoms with Gasteiger partial charge < -0.3 is 20.1 Å². The molecule has 0 atom stereocenters. The number of fused-ring (bicyclic) bond motifs is 1. The van der Waals surface area contributed by atoms with Crippen LogP contribution in [0.2, 0.25) is 0 Å². The minimum atomic E-state index is -0.381. The van der Waals surface area contributed by atoms with Crippen LogP contribution in [0.3, 0.4) is 0 Å². The van der Waals surface area contributed by atoms with Crippen LogP contribution in [0, 0.1) is 6.92 Å². The second-order valence-electron chi connectivity index (χ2n) is 6.61. The minimum absolute atomic E-state index is 0.244. The van der Waals surface area contributed by atoms with Crippen molar-refractivity contribution in [1.29, 1.82) is 0 Å². The maximum absolute atomic E-state index is 12.8. The summed E-state index contributed by atoms with van der Waals surface area (Å²) in [6.07, 6.45) is 1.71. The molecular weight excluding hydrogens is 344 g/mol.